The highest BCUT2D eigenvalue weighted by atomic mass is 79.9. The van der Waals surface area contributed by atoms with Gasteiger partial charge >= 0.3 is 0 Å². The zero-order valence-electron chi connectivity index (χ0n) is 19.6. The van der Waals surface area contributed by atoms with Gasteiger partial charge in [0.05, 0.1) is 25.4 Å². The van der Waals surface area contributed by atoms with Gasteiger partial charge in [-0.05, 0) is 74.5 Å². The van der Waals surface area contributed by atoms with E-state index in [-0.39, 0.29) is 6.10 Å². The van der Waals surface area contributed by atoms with E-state index in [1.807, 2.05) is 0 Å². The van der Waals surface area contributed by atoms with Crippen molar-refractivity contribution >= 4 is 47.8 Å². The van der Waals surface area contributed by atoms with Gasteiger partial charge in [-0.2, -0.15) is 0 Å². The molecule has 0 amide bonds. The number of alkyl halides is 3. The maximum absolute atomic E-state index is 10.4. The third kappa shape index (κ3) is 7.65. The Morgan fingerprint density at radius 2 is 1.29 bits per heavy atom. The Labute approximate surface area is 215 Å². The molecule has 0 heterocycles. The van der Waals surface area contributed by atoms with Crippen molar-refractivity contribution in [3.63, 3.8) is 0 Å². The van der Waals surface area contributed by atoms with Gasteiger partial charge in [-0.3, -0.25) is 0 Å². The SMILES string of the molecule is CC1CCC(C(C)(C)C2CCC(OCC(O)COC3C(Br)CC(Br)CC3Br)CC2)CC1. The molecule has 0 saturated heterocycles. The summed E-state index contributed by atoms with van der Waals surface area (Å²) in [7, 11) is 0. The number of hydrogen-bond acceptors (Lipinski definition) is 3. The van der Waals surface area contributed by atoms with Crippen molar-refractivity contribution < 1.29 is 14.6 Å². The largest absolute Gasteiger partial charge is 0.388 e. The van der Waals surface area contributed by atoms with Crippen molar-refractivity contribution in [2.24, 2.45) is 23.2 Å². The lowest BCUT2D eigenvalue weighted by atomic mass is 9.60. The average molecular weight is 631 g/mol. The normalized spacial score (nSPS) is 41.1. The van der Waals surface area contributed by atoms with Crippen LogP contribution in [0.3, 0.4) is 0 Å². The van der Waals surface area contributed by atoms with Gasteiger partial charge in [0.1, 0.15) is 6.10 Å². The lowest BCUT2D eigenvalue weighted by Crippen LogP contribution is -2.42. The maximum atomic E-state index is 10.4. The van der Waals surface area contributed by atoms with Crippen LogP contribution in [0.2, 0.25) is 0 Å². The van der Waals surface area contributed by atoms with Crippen molar-refractivity contribution in [2.75, 3.05) is 13.2 Å². The predicted molar refractivity (Wildman–Crippen MR) is 140 cm³/mol. The Morgan fingerprint density at radius 3 is 1.84 bits per heavy atom. The van der Waals surface area contributed by atoms with Crippen LogP contribution in [-0.4, -0.2) is 51.1 Å². The summed E-state index contributed by atoms with van der Waals surface area (Å²) in [4.78, 5) is 1.11. The van der Waals surface area contributed by atoms with Crippen molar-refractivity contribution in [3.05, 3.63) is 0 Å². The van der Waals surface area contributed by atoms with Crippen LogP contribution in [0.4, 0.5) is 0 Å². The number of aliphatic hydroxyl groups excluding tert-OH is 1. The summed E-state index contributed by atoms with van der Waals surface area (Å²) < 4.78 is 12.2. The van der Waals surface area contributed by atoms with Crippen LogP contribution in [0, 0.1) is 23.2 Å². The molecular weight excluding hydrogens is 588 g/mol. The summed E-state index contributed by atoms with van der Waals surface area (Å²) in [5.41, 5.74) is 0.449. The summed E-state index contributed by atoms with van der Waals surface area (Å²) in [5, 5.41) is 10.4. The molecule has 3 atom stereocenters. The molecule has 3 nitrogen and oxygen atoms in total. The molecule has 3 unspecified atom stereocenters. The van der Waals surface area contributed by atoms with Crippen molar-refractivity contribution in [1.82, 2.24) is 0 Å². The van der Waals surface area contributed by atoms with E-state index in [1.54, 1.807) is 0 Å². The second-order valence-electron chi connectivity index (χ2n) is 11.1. The van der Waals surface area contributed by atoms with E-state index >= 15 is 0 Å². The van der Waals surface area contributed by atoms with Crippen LogP contribution in [0.1, 0.15) is 85.0 Å². The fourth-order valence-corrected chi connectivity index (χ4v) is 10.3. The van der Waals surface area contributed by atoms with E-state index in [2.05, 4.69) is 68.6 Å². The van der Waals surface area contributed by atoms with Crippen LogP contribution in [0.5, 0.6) is 0 Å². The Kier molecular flexibility index (Phi) is 10.7. The number of ether oxygens (including phenoxy) is 2. The lowest BCUT2D eigenvalue weighted by molar-refractivity contribution is -0.0780. The molecule has 3 saturated carbocycles. The van der Waals surface area contributed by atoms with Gasteiger partial charge in [-0.25, -0.2) is 0 Å². The molecule has 0 spiro atoms. The molecule has 1 N–H and O–H groups in total. The molecule has 3 rings (SSSR count). The number of halogens is 3. The van der Waals surface area contributed by atoms with Gasteiger partial charge in [0.2, 0.25) is 0 Å². The van der Waals surface area contributed by atoms with E-state index in [0.29, 0.717) is 39.2 Å². The third-order valence-corrected chi connectivity index (χ3v) is 11.0. The number of rotatable bonds is 8. The molecule has 182 valence electrons. The van der Waals surface area contributed by atoms with E-state index < -0.39 is 6.10 Å². The summed E-state index contributed by atoms with van der Waals surface area (Å²) >= 11 is 11.2. The van der Waals surface area contributed by atoms with Crippen LogP contribution >= 0.6 is 47.8 Å². The van der Waals surface area contributed by atoms with E-state index in [9.17, 15) is 5.11 Å². The first-order chi connectivity index (χ1) is 14.7. The zero-order valence-corrected chi connectivity index (χ0v) is 24.3. The van der Waals surface area contributed by atoms with Gasteiger partial charge in [0.25, 0.3) is 0 Å². The summed E-state index contributed by atoms with van der Waals surface area (Å²) in [6, 6.07) is 0. The molecular formula is C25H43Br3O3. The van der Waals surface area contributed by atoms with Crippen molar-refractivity contribution in [3.8, 4) is 0 Å². The highest BCUT2D eigenvalue weighted by Gasteiger charge is 2.40. The average Bonchev–Trinajstić information content (AvgIpc) is 2.72. The van der Waals surface area contributed by atoms with Crippen molar-refractivity contribution in [1.29, 1.82) is 0 Å². The van der Waals surface area contributed by atoms with Gasteiger partial charge < -0.3 is 14.6 Å². The van der Waals surface area contributed by atoms with Crippen LogP contribution in [-0.2, 0) is 9.47 Å². The Morgan fingerprint density at radius 1 is 0.806 bits per heavy atom. The minimum absolute atomic E-state index is 0.0869. The van der Waals surface area contributed by atoms with Crippen LogP contribution in [0.15, 0.2) is 0 Å². The van der Waals surface area contributed by atoms with Crippen molar-refractivity contribution in [2.45, 2.75) is 118 Å². The molecule has 3 aliphatic rings. The standard InChI is InChI=1S/C25H43Br3O3/c1-16-4-6-17(7-5-16)25(2,3)18-8-10-21(11-9-18)30-14-20(29)15-31-24-22(27)12-19(26)13-23(24)28/h16-24,29H,4-15H2,1-3H3. The van der Waals surface area contributed by atoms with Gasteiger partial charge in [0.15, 0.2) is 0 Å². The predicted octanol–water partition coefficient (Wildman–Crippen LogP) is 7.24. The number of hydrogen-bond donors (Lipinski definition) is 1. The Balaban J connectivity index is 1.34. The third-order valence-electron chi connectivity index (χ3n) is 8.47. The molecule has 0 aliphatic heterocycles. The molecule has 0 radical (unpaired) electrons. The first kappa shape index (κ1) is 26.9. The van der Waals surface area contributed by atoms with E-state index in [1.165, 1.54) is 38.5 Å². The molecule has 3 aliphatic carbocycles. The second kappa shape index (κ2) is 12.3. The molecule has 3 fully saturated rings. The van der Waals surface area contributed by atoms with Gasteiger partial charge in [-0.1, -0.05) is 81.4 Å². The minimum atomic E-state index is -0.556. The highest BCUT2D eigenvalue weighted by molar-refractivity contribution is 9.10. The quantitative estimate of drug-likeness (QED) is 0.287. The maximum Gasteiger partial charge on any atom is 0.101 e. The first-order valence-corrected chi connectivity index (χ1v) is 15.2. The smallest absolute Gasteiger partial charge is 0.101 e. The molecule has 0 aromatic heterocycles. The summed E-state index contributed by atoms with van der Waals surface area (Å²) in [6.45, 7) is 8.18. The Hall–Kier alpha value is 1.32. The fraction of sp³-hybridized carbons (Fsp3) is 1.00. The van der Waals surface area contributed by atoms with Crippen LogP contribution < -0.4 is 0 Å². The summed E-state index contributed by atoms with van der Waals surface area (Å²) in [5.74, 6) is 2.63. The first-order valence-electron chi connectivity index (χ1n) is 12.5. The van der Waals surface area contributed by atoms with E-state index in [0.717, 1.165) is 43.4 Å². The highest BCUT2D eigenvalue weighted by Crippen LogP contribution is 2.49. The number of aliphatic hydroxyl groups is 1. The summed E-state index contributed by atoms with van der Waals surface area (Å²) in [6.07, 6.45) is 12.4. The topological polar surface area (TPSA) is 38.7 Å². The van der Waals surface area contributed by atoms with Gasteiger partial charge in [0, 0.05) is 14.5 Å². The fourth-order valence-electron chi connectivity index (χ4n) is 6.12. The lowest BCUT2D eigenvalue weighted by Gasteiger charge is -2.46. The van der Waals surface area contributed by atoms with E-state index in [4.69, 9.17) is 9.47 Å². The Bertz CT molecular complexity index is 518. The van der Waals surface area contributed by atoms with Crippen LogP contribution in [0.25, 0.3) is 0 Å². The second-order valence-corrected chi connectivity index (χ2v) is 14.8. The van der Waals surface area contributed by atoms with Gasteiger partial charge in [-0.15, -0.1) is 0 Å². The molecule has 0 aromatic carbocycles. The molecule has 31 heavy (non-hydrogen) atoms. The molecule has 6 heteroatoms. The minimum Gasteiger partial charge on any atom is -0.388 e. The monoisotopic (exact) mass is 628 g/mol. The molecule has 0 aromatic rings. The zero-order chi connectivity index (χ0) is 22.6. The molecule has 0 bridgehead atoms.